The third-order valence-electron chi connectivity index (χ3n) is 4.51. The van der Waals surface area contributed by atoms with Crippen LogP contribution in [0.3, 0.4) is 0 Å². The van der Waals surface area contributed by atoms with Crippen LogP contribution in [-0.4, -0.2) is 38.3 Å². The molecule has 0 aliphatic carbocycles. The predicted molar refractivity (Wildman–Crippen MR) is 107 cm³/mol. The Bertz CT molecular complexity index is 1070. The van der Waals surface area contributed by atoms with E-state index in [1.165, 1.54) is 19.4 Å². The van der Waals surface area contributed by atoms with Crippen molar-refractivity contribution in [3.05, 3.63) is 58.1 Å². The lowest BCUT2D eigenvalue weighted by Gasteiger charge is -2.29. The van der Waals surface area contributed by atoms with E-state index < -0.39 is 36.5 Å². The van der Waals surface area contributed by atoms with Crippen molar-refractivity contribution in [3.63, 3.8) is 0 Å². The van der Waals surface area contributed by atoms with Gasteiger partial charge < -0.3 is 15.0 Å². The minimum absolute atomic E-state index is 0.275. The van der Waals surface area contributed by atoms with Crippen LogP contribution in [0.15, 0.2) is 36.7 Å². The number of amides is 1. The van der Waals surface area contributed by atoms with Gasteiger partial charge in [0.05, 0.1) is 5.69 Å². The zero-order valence-corrected chi connectivity index (χ0v) is 17.6. The van der Waals surface area contributed by atoms with E-state index in [1.807, 2.05) is 0 Å². The van der Waals surface area contributed by atoms with Crippen molar-refractivity contribution < 1.29 is 23.1 Å². The summed E-state index contributed by atoms with van der Waals surface area (Å²) in [6.07, 6.45) is -3.27. The van der Waals surface area contributed by atoms with Gasteiger partial charge in [-0.15, -0.1) is 11.3 Å². The summed E-state index contributed by atoms with van der Waals surface area (Å²) in [5.74, 6) is -1.11. The molecule has 0 aliphatic heterocycles. The van der Waals surface area contributed by atoms with Crippen molar-refractivity contribution in [2.45, 2.75) is 25.1 Å². The summed E-state index contributed by atoms with van der Waals surface area (Å²) < 4.78 is 41.7. The summed E-state index contributed by atoms with van der Waals surface area (Å²) in [7, 11) is 1.36. The molecule has 0 aliphatic rings. The normalized spacial score (nSPS) is 13.8. The molecule has 1 aromatic carbocycles. The van der Waals surface area contributed by atoms with E-state index in [1.54, 1.807) is 31.2 Å². The van der Waals surface area contributed by atoms with Gasteiger partial charge in [-0.2, -0.15) is 13.2 Å². The SMILES string of the molecule is Cc1nc(-c2cccc(Cl)c2)sc1C(=O)NCCC(O)(c1nccn1C)C(F)(F)F. The number of aliphatic hydroxyl groups is 1. The third-order valence-corrected chi connectivity index (χ3v) is 5.95. The molecule has 3 rings (SSSR count). The van der Waals surface area contributed by atoms with Crippen molar-refractivity contribution in [2.75, 3.05) is 6.54 Å². The zero-order valence-electron chi connectivity index (χ0n) is 16.0. The van der Waals surface area contributed by atoms with Crippen molar-refractivity contribution in [1.29, 1.82) is 0 Å². The summed E-state index contributed by atoms with van der Waals surface area (Å²) in [6.45, 7) is 1.23. The average molecular weight is 459 g/mol. The number of carbonyl (C=O) groups is 1. The predicted octanol–water partition coefficient (Wildman–Crippen LogP) is 4.08. The van der Waals surface area contributed by atoms with Crippen LogP contribution in [0, 0.1) is 6.92 Å². The van der Waals surface area contributed by atoms with Gasteiger partial charge in [-0.3, -0.25) is 4.79 Å². The molecule has 2 aromatic heterocycles. The Morgan fingerprint density at radius 1 is 1.37 bits per heavy atom. The Morgan fingerprint density at radius 3 is 2.70 bits per heavy atom. The highest BCUT2D eigenvalue weighted by Gasteiger charge is 2.57. The number of carbonyl (C=O) groups excluding carboxylic acids is 1. The first-order chi connectivity index (χ1) is 14.0. The first kappa shape index (κ1) is 22.3. The highest BCUT2D eigenvalue weighted by atomic mass is 35.5. The number of thiazole rings is 1. The van der Waals surface area contributed by atoms with Crippen LogP contribution in [0.5, 0.6) is 0 Å². The van der Waals surface area contributed by atoms with Crippen molar-refractivity contribution in [3.8, 4) is 10.6 Å². The second-order valence-corrected chi connectivity index (χ2v) is 8.11. The highest BCUT2D eigenvalue weighted by molar-refractivity contribution is 7.17. The topological polar surface area (TPSA) is 80.0 Å². The second-order valence-electron chi connectivity index (χ2n) is 6.67. The maximum Gasteiger partial charge on any atom is 0.424 e. The van der Waals surface area contributed by atoms with E-state index in [0.29, 0.717) is 15.7 Å². The van der Waals surface area contributed by atoms with E-state index in [0.717, 1.165) is 21.5 Å². The van der Waals surface area contributed by atoms with E-state index in [4.69, 9.17) is 11.6 Å². The number of hydrogen-bond donors (Lipinski definition) is 2. The van der Waals surface area contributed by atoms with Crippen molar-refractivity contribution in [2.24, 2.45) is 7.05 Å². The molecular formula is C19H18ClF3N4O2S. The Balaban J connectivity index is 1.73. The summed E-state index contributed by atoms with van der Waals surface area (Å²) in [5.41, 5.74) is -2.01. The van der Waals surface area contributed by atoms with E-state index in [-0.39, 0.29) is 4.88 Å². The Kier molecular flexibility index (Phi) is 6.21. The van der Waals surface area contributed by atoms with Crippen molar-refractivity contribution >= 4 is 28.8 Å². The van der Waals surface area contributed by atoms with Crippen LogP contribution in [-0.2, 0) is 12.6 Å². The molecule has 1 unspecified atom stereocenters. The molecule has 0 fully saturated rings. The quantitative estimate of drug-likeness (QED) is 0.583. The van der Waals surface area contributed by atoms with E-state index in [9.17, 15) is 23.1 Å². The lowest BCUT2D eigenvalue weighted by molar-refractivity contribution is -0.272. The summed E-state index contributed by atoms with van der Waals surface area (Å²) in [6, 6.07) is 6.96. The number of benzene rings is 1. The molecule has 30 heavy (non-hydrogen) atoms. The zero-order chi connectivity index (χ0) is 22.1. The lowest BCUT2D eigenvalue weighted by atomic mass is 9.97. The molecule has 1 amide bonds. The molecule has 2 heterocycles. The lowest BCUT2D eigenvalue weighted by Crippen LogP contribution is -2.46. The molecule has 0 spiro atoms. The number of rotatable bonds is 6. The number of aryl methyl sites for hydroxylation is 2. The Morgan fingerprint density at radius 2 is 2.10 bits per heavy atom. The Labute approximate surface area is 179 Å². The number of halogens is 4. The minimum atomic E-state index is -4.96. The second kappa shape index (κ2) is 8.37. The molecule has 1 atom stereocenters. The van der Waals surface area contributed by atoms with Gasteiger partial charge in [0, 0.05) is 43.0 Å². The number of imidazole rings is 1. The van der Waals surface area contributed by atoms with Crippen LogP contribution in [0.4, 0.5) is 13.2 Å². The van der Waals surface area contributed by atoms with Crippen LogP contribution >= 0.6 is 22.9 Å². The van der Waals surface area contributed by atoms with Crippen LogP contribution in [0.1, 0.15) is 27.6 Å². The molecule has 160 valence electrons. The standard InChI is InChI=1S/C19H18ClF3N4O2S/c1-11-14(30-16(26-11)12-4-3-5-13(20)10-12)15(28)24-7-6-18(29,19(21,22)23)17-25-8-9-27(17)2/h3-5,8-10,29H,6-7H2,1-2H3,(H,24,28). The molecule has 6 nitrogen and oxygen atoms in total. The molecule has 0 radical (unpaired) electrons. The molecule has 3 aromatic rings. The average Bonchev–Trinajstić information content (AvgIpc) is 3.26. The molecule has 11 heteroatoms. The monoisotopic (exact) mass is 458 g/mol. The first-order valence-corrected chi connectivity index (χ1v) is 10.0. The third kappa shape index (κ3) is 4.35. The Hall–Kier alpha value is -2.43. The van der Waals surface area contributed by atoms with Gasteiger partial charge in [0.15, 0.2) is 0 Å². The largest absolute Gasteiger partial charge is 0.424 e. The highest BCUT2D eigenvalue weighted by Crippen LogP contribution is 2.40. The maximum absolute atomic E-state index is 13.5. The smallest absolute Gasteiger partial charge is 0.374 e. The fourth-order valence-electron chi connectivity index (χ4n) is 2.93. The summed E-state index contributed by atoms with van der Waals surface area (Å²) in [4.78, 5) is 20.8. The number of nitrogens with one attached hydrogen (secondary N) is 1. The van der Waals surface area contributed by atoms with Gasteiger partial charge in [0.25, 0.3) is 5.91 Å². The maximum atomic E-state index is 13.5. The van der Waals surface area contributed by atoms with Crippen molar-refractivity contribution in [1.82, 2.24) is 19.9 Å². The first-order valence-electron chi connectivity index (χ1n) is 8.81. The number of nitrogens with zero attached hydrogens (tertiary/aromatic N) is 3. The van der Waals surface area contributed by atoms with Crippen LogP contribution in [0.25, 0.3) is 10.6 Å². The van der Waals surface area contributed by atoms with Gasteiger partial charge in [0.1, 0.15) is 15.7 Å². The van der Waals surface area contributed by atoms with Gasteiger partial charge in [-0.05, 0) is 19.1 Å². The van der Waals surface area contributed by atoms with E-state index >= 15 is 0 Å². The molecule has 0 saturated carbocycles. The van der Waals surface area contributed by atoms with Gasteiger partial charge in [-0.1, -0.05) is 23.7 Å². The fraction of sp³-hybridized carbons (Fsp3) is 0.316. The number of hydrogen-bond acceptors (Lipinski definition) is 5. The molecular weight excluding hydrogens is 441 g/mol. The summed E-state index contributed by atoms with van der Waals surface area (Å²) in [5, 5.41) is 13.8. The molecule has 0 bridgehead atoms. The van der Waals surface area contributed by atoms with Gasteiger partial charge in [-0.25, -0.2) is 9.97 Å². The summed E-state index contributed by atoms with van der Waals surface area (Å²) >= 11 is 7.09. The molecule has 2 N–H and O–H groups in total. The van der Waals surface area contributed by atoms with Crippen LogP contribution < -0.4 is 5.32 Å². The molecule has 0 saturated heterocycles. The van der Waals surface area contributed by atoms with Crippen LogP contribution in [0.2, 0.25) is 5.02 Å². The van der Waals surface area contributed by atoms with Gasteiger partial charge >= 0.3 is 6.18 Å². The fourth-order valence-corrected chi connectivity index (χ4v) is 4.10. The number of alkyl halides is 3. The number of aromatic nitrogens is 3. The van der Waals surface area contributed by atoms with E-state index in [2.05, 4.69) is 15.3 Å². The van der Waals surface area contributed by atoms with Gasteiger partial charge in [0.2, 0.25) is 5.60 Å². The minimum Gasteiger partial charge on any atom is -0.374 e.